The summed E-state index contributed by atoms with van der Waals surface area (Å²) in [6.45, 7) is 4.91. The van der Waals surface area contributed by atoms with Crippen LogP contribution in [0.15, 0.2) is 66.7 Å². The number of rotatable bonds is 4. The summed E-state index contributed by atoms with van der Waals surface area (Å²) in [5.41, 5.74) is 6.38. The topological polar surface area (TPSA) is 27.7 Å². The summed E-state index contributed by atoms with van der Waals surface area (Å²) in [6.07, 6.45) is 2.60. The molecule has 2 aliphatic rings. The van der Waals surface area contributed by atoms with Crippen molar-refractivity contribution in [1.82, 2.24) is 0 Å². The molecule has 5 rings (SSSR count). The van der Waals surface area contributed by atoms with Crippen LogP contribution in [-0.4, -0.2) is 12.9 Å². The zero-order valence-corrected chi connectivity index (χ0v) is 18.4. The Morgan fingerprint density at radius 2 is 1.69 bits per heavy atom. The third kappa shape index (κ3) is 4.15. The Kier molecular flexibility index (Phi) is 5.71. The molecule has 4 heteroatoms. The van der Waals surface area contributed by atoms with Gasteiger partial charge in [-0.3, -0.25) is 0 Å². The van der Waals surface area contributed by atoms with Gasteiger partial charge in [0.15, 0.2) is 6.29 Å². The fourth-order valence-electron chi connectivity index (χ4n) is 4.44. The van der Waals surface area contributed by atoms with Gasteiger partial charge >= 0.3 is 0 Å². The number of halogens is 1. The molecular formula is C28H27FO3. The van der Waals surface area contributed by atoms with E-state index in [0.717, 1.165) is 65.2 Å². The fraction of sp³-hybridized carbons (Fsp3) is 0.286. The van der Waals surface area contributed by atoms with Crippen LogP contribution in [0.2, 0.25) is 0 Å². The number of allylic oxidation sites excluding steroid dienone is 1. The van der Waals surface area contributed by atoms with Gasteiger partial charge in [-0.2, -0.15) is 0 Å². The van der Waals surface area contributed by atoms with Crippen molar-refractivity contribution in [1.29, 1.82) is 0 Å². The van der Waals surface area contributed by atoms with Gasteiger partial charge in [0.2, 0.25) is 0 Å². The average molecular weight is 431 g/mol. The molecule has 0 radical (unpaired) electrons. The first kappa shape index (κ1) is 20.8. The van der Waals surface area contributed by atoms with E-state index in [1.807, 2.05) is 30.3 Å². The largest absolute Gasteiger partial charge is 0.480 e. The number of aryl methyl sites for hydroxylation is 1. The van der Waals surface area contributed by atoms with E-state index < -0.39 is 0 Å². The van der Waals surface area contributed by atoms with E-state index in [1.165, 1.54) is 17.7 Å². The van der Waals surface area contributed by atoms with Gasteiger partial charge in [0, 0.05) is 23.6 Å². The summed E-state index contributed by atoms with van der Waals surface area (Å²) < 4.78 is 32.0. The van der Waals surface area contributed by atoms with Gasteiger partial charge in [0.1, 0.15) is 23.4 Å². The van der Waals surface area contributed by atoms with E-state index in [1.54, 1.807) is 0 Å². The Morgan fingerprint density at radius 3 is 2.41 bits per heavy atom. The number of hydrogen-bond acceptors (Lipinski definition) is 3. The Bertz CT molecular complexity index is 1130. The van der Waals surface area contributed by atoms with Crippen LogP contribution in [0, 0.1) is 12.7 Å². The van der Waals surface area contributed by atoms with Crippen LogP contribution in [0.4, 0.5) is 4.39 Å². The molecule has 164 valence electrons. The summed E-state index contributed by atoms with van der Waals surface area (Å²) in [7, 11) is 0. The molecule has 2 aliphatic heterocycles. The second kappa shape index (κ2) is 8.79. The second-order valence-corrected chi connectivity index (χ2v) is 8.53. The Balaban J connectivity index is 1.56. The van der Waals surface area contributed by atoms with Gasteiger partial charge in [-0.15, -0.1) is 0 Å². The van der Waals surface area contributed by atoms with Gasteiger partial charge in [0.05, 0.1) is 6.61 Å². The van der Waals surface area contributed by atoms with Gasteiger partial charge in [-0.05, 0) is 67.7 Å². The number of fused-ring (bicyclic) bond motifs is 1. The maximum atomic E-state index is 13.6. The highest BCUT2D eigenvalue weighted by Gasteiger charge is 2.30. The van der Waals surface area contributed by atoms with Crippen molar-refractivity contribution in [2.75, 3.05) is 6.61 Å². The molecule has 2 unspecified atom stereocenters. The number of benzene rings is 3. The van der Waals surface area contributed by atoms with E-state index in [9.17, 15) is 4.39 Å². The predicted molar refractivity (Wildman–Crippen MR) is 124 cm³/mol. The first-order valence-corrected chi connectivity index (χ1v) is 11.2. The Hall–Kier alpha value is -3.11. The molecule has 0 saturated carbocycles. The second-order valence-electron chi connectivity index (χ2n) is 8.53. The van der Waals surface area contributed by atoms with Crippen molar-refractivity contribution in [2.45, 2.75) is 45.5 Å². The highest BCUT2D eigenvalue weighted by atomic mass is 19.1. The molecule has 0 N–H and O–H groups in total. The molecule has 0 bridgehead atoms. The fourth-order valence-corrected chi connectivity index (χ4v) is 4.44. The minimum atomic E-state index is -0.297. The van der Waals surface area contributed by atoms with Crippen LogP contribution in [0.3, 0.4) is 0 Å². The van der Waals surface area contributed by atoms with Crippen LogP contribution < -0.4 is 9.47 Å². The van der Waals surface area contributed by atoms with Gasteiger partial charge < -0.3 is 14.2 Å². The predicted octanol–water partition coefficient (Wildman–Crippen LogP) is 7.10. The molecule has 0 amide bonds. The monoisotopic (exact) mass is 430 g/mol. The molecule has 0 spiro atoms. The number of ether oxygens (including phenoxy) is 3. The lowest BCUT2D eigenvalue weighted by molar-refractivity contribution is -0.105. The van der Waals surface area contributed by atoms with Gasteiger partial charge in [0.25, 0.3) is 0 Å². The molecule has 0 aromatic heterocycles. The van der Waals surface area contributed by atoms with E-state index in [4.69, 9.17) is 14.2 Å². The van der Waals surface area contributed by atoms with Crippen molar-refractivity contribution in [2.24, 2.45) is 0 Å². The molecule has 32 heavy (non-hydrogen) atoms. The standard InChI is InChI=1S/C28H27FO3/c1-18-6-8-21(9-7-18)28-27(20-10-12-22(29)13-11-20)19(2)24-15-14-23(17-25(24)32-28)31-26-5-3-4-16-30-26/h6-15,17,26,28H,3-5,16H2,1-2H3. The van der Waals surface area contributed by atoms with Crippen molar-refractivity contribution < 1.29 is 18.6 Å². The molecule has 1 saturated heterocycles. The van der Waals surface area contributed by atoms with Crippen LogP contribution in [0.5, 0.6) is 11.5 Å². The highest BCUT2D eigenvalue weighted by Crippen LogP contribution is 2.47. The van der Waals surface area contributed by atoms with Crippen LogP contribution in [-0.2, 0) is 4.74 Å². The van der Waals surface area contributed by atoms with E-state index in [2.05, 4.69) is 38.1 Å². The first-order chi connectivity index (χ1) is 15.6. The van der Waals surface area contributed by atoms with Crippen LogP contribution in [0.25, 0.3) is 11.1 Å². The van der Waals surface area contributed by atoms with Crippen LogP contribution >= 0.6 is 0 Å². The highest BCUT2D eigenvalue weighted by molar-refractivity contribution is 5.95. The maximum absolute atomic E-state index is 13.6. The van der Waals surface area contributed by atoms with Crippen molar-refractivity contribution in [3.8, 4) is 11.5 Å². The summed E-state index contributed by atoms with van der Waals surface area (Å²) in [5.74, 6) is 1.28. The third-order valence-electron chi connectivity index (χ3n) is 6.21. The molecule has 3 aromatic rings. The van der Waals surface area contributed by atoms with Crippen molar-refractivity contribution in [3.05, 3.63) is 94.8 Å². The smallest absolute Gasteiger partial charge is 0.199 e. The minimum absolute atomic E-state index is 0.204. The lowest BCUT2D eigenvalue weighted by atomic mass is 9.86. The molecule has 0 aliphatic carbocycles. The van der Waals surface area contributed by atoms with Crippen molar-refractivity contribution in [3.63, 3.8) is 0 Å². The molecule has 2 atom stereocenters. The molecule has 1 fully saturated rings. The summed E-state index contributed by atoms with van der Waals surface area (Å²) >= 11 is 0. The molecular weight excluding hydrogens is 403 g/mol. The zero-order chi connectivity index (χ0) is 22.1. The quantitative estimate of drug-likeness (QED) is 0.442. The lowest BCUT2D eigenvalue weighted by Gasteiger charge is -2.32. The van der Waals surface area contributed by atoms with Crippen molar-refractivity contribution >= 4 is 11.1 Å². The van der Waals surface area contributed by atoms with E-state index >= 15 is 0 Å². The third-order valence-corrected chi connectivity index (χ3v) is 6.21. The Labute approximate surface area is 188 Å². The Morgan fingerprint density at radius 1 is 0.906 bits per heavy atom. The normalized spacial score (nSPS) is 20.5. The minimum Gasteiger partial charge on any atom is -0.480 e. The molecule has 3 aromatic carbocycles. The number of hydrogen-bond donors (Lipinski definition) is 0. The lowest BCUT2D eigenvalue weighted by Crippen LogP contribution is -2.25. The SMILES string of the molecule is CC1=C(c2ccc(F)cc2)C(c2ccc(C)cc2)Oc2cc(OC3CCCCO3)ccc21. The van der Waals surface area contributed by atoms with E-state index in [0.29, 0.717) is 0 Å². The molecule has 2 heterocycles. The summed E-state index contributed by atoms with van der Waals surface area (Å²) in [4.78, 5) is 0. The molecule has 3 nitrogen and oxygen atoms in total. The maximum Gasteiger partial charge on any atom is 0.199 e. The summed E-state index contributed by atoms with van der Waals surface area (Å²) in [5, 5.41) is 0. The average Bonchev–Trinajstić information content (AvgIpc) is 2.81. The van der Waals surface area contributed by atoms with Crippen LogP contribution in [0.1, 0.15) is 54.5 Å². The van der Waals surface area contributed by atoms with Gasteiger partial charge in [-0.1, -0.05) is 42.0 Å². The first-order valence-electron chi connectivity index (χ1n) is 11.2. The zero-order valence-electron chi connectivity index (χ0n) is 18.4. The van der Waals surface area contributed by atoms with Gasteiger partial charge in [-0.25, -0.2) is 4.39 Å². The summed E-state index contributed by atoms with van der Waals surface area (Å²) in [6, 6.07) is 21.0. The van der Waals surface area contributed by atoms with E-state index in [-0.39, 0.29) is 18.2 Å².